The first-order chi connectivity index (χ1) is 8.32. The molecule has 2 unspecified atom stereocenters. The second-order valence-corrected chi connectivity index (χ2v) is 5.39. The molecule has 0 radical (unpaired) electrons. The summed E-state index contributed by atoms with van der Waals surface area (Å²) in [6.07, 6.45) is 2.06. The van der Waals surface area contributed by atoms with Crippen molar-refractivity contribution in [1.82, 2.24) is 0 Å². The van der Waals surface area contributed by atoms with E-state index in [4.69, 9.17) is 0 Å². The van der Waals surface area contributed by atoms with Gasteiger partial charge in [0.05, 0.1) is 0 Å². The first-order valence-corrected chi connectivity index (χ1v) is 6.39. The number of carbonyl (C=O) groups is 2. The van der Waals surface area contributed by atoms with Crippen LogP contribution in [0.2, 0.25) is 0 Å². The molecule has 1 fully saturated rings. The summed E-state index contributed by atoms with van der Waals surface area (Å²) >= 11 is 0. The van der Waals surface area contributed by atoms with E-state index >= 15 is 0 Å². The van der Waals surface area contributed by atoms with Gasteiger partial charge in [0.25, 0.3) is 0 Å². The summed E-state index contributed by atoms with van der Waals surface area (Å²) in [6.45, 7) is 9.40. The molecule has 0 heterocycles. The van der Waals surface area contributed by atoms with E-state index in [1.807, 2.05) is 13.8 Å². The molecule has 0 aromatic heterocycles. The number of aliphatic hydroxyl groups excluding tert-OH is 1. The highest BCUT2D eigenvalue weighted by molar-refractivity contribution is 5.89. The summed E-state index contributed by atoms with van der Waals surface area (Å²) in [5, 5.41) is 9.80. The Morgan fingerprint density at radius 2 is 2.06 bits per heavy atom. The molecule has 100 valence electrons. The van der Waals surface area contributed by atoms with Gasteiger partial charge in [-0.05, 0) is 26.2 Å². The zero-order valence-corrected chi connectivity index (χ0v) is 11.4. The van der Waals surface area contributed by atoms with Crippen molar-refractivity contribution in [3.8, 4) is 0 Å². The highest BCUT2D eigenvalue weighted by Crippen LogP contribution is 2.33. The second kappa shape index (κ2) is 6.10. The summed E-state index contributed by atoms with van der Waals surface area (Å²) in [6, 6.07) is 0. The molecule has 0 aromatic carbocycles. The van der Waals surface area contributed by atoms with Gasteiger partial charge in [-0.3, -0.25) is 9.59 Å². The molecular formula is C15H22O3. The minimum Gasteiger partial charge on any atom is -0.381 e. The number of aliphatic hydroxyl groups is 1. The number of Topliss-reactive ketones (excluding diaryl/α,β-unsaturated/α-hetero) is 2. The molecule has 1 saturated carbocycles. The lowest BCUT2D eigenvalue weighted by atomic mass is 9.75. The van der Waals surface area contributed by atoms with Crippen molar-refractivity contribution in [3.05, 3.63) is 23.8 Å². The Morgan fingerprint density at radius 3 is 2.61 bits per heavy atom. The summed E-state index contributed by atoms with van der Waals surface area (Å²) in [5.74, 6) is -0.507. The maximum absolute atomic E-state index is 12.1. The fraction of sp³-hybridized carbons (Fsp3) is 0.600. The van der Waals surface area contributed by atoms with Crippen LogP contribution in [0.5, 0.6) is 0 Å². The Labute approximate surface area is 109 Å². The SMILES string of the molecule is C=C1CCC(=O)CC1[C@@H](C)C(=O)C(O)C=C(C)C. The van der Waals surface area contributed by atoms with Crippen LogP contribution in [0, 0.1) is 11.8 Å². The number of ketones is 2. The van der Waals surface area contributed by atoms with Crippen LogP contribution in [0.15, 0.2) is 23.8 Å². The minimum atomic E-state index is -1.07. The van der Waals surface area contributed by atoms with Crippen LogP contribution in [0.1, 0.15) is 40.0 Å². The van der Waals surface area contributed by atoms with E-state index in [1.54, 1.807) is 13.0 Å². The Hall–Kier alpha value is -1.22. The first-order valence-electron chi connectivity index (χ1n) is 6.39. The molecular weight excluding hydrogens is 228 g/mol. The number of allylic oxidation sites excluding steroid dienone is 2. The molecule has 3 atom stereocenters. The zero-order valence-electron chi connectivity index (χ0n) is 11.4. The molecule has 1 aliphatic rings. The molecule has 0 amide bonds. The maximum atomic E-state index is 12.1. The van der Waals surface area contributed by atoms with Crippen molar-refractivity contribution in [2.75, 3.05) is 0 Å². The van der Waals surface area contributed by atoms with Gasteiger partial charge in [0, 0.05) is 18.8 Å². The lowest BCUT2D eigenvalue weighted by Gasteiger charge is -2.29. The van der Waals surface area contributed by atoms with E-state index in [-0.39, 0.29) is 23.4 Å². The Morgan fingerprint density at radius 1 is 1.44 bits per heavy atom. The fourth-order valence-corrected chi connectivity index (χ4v) is 2.37. The van der Waals surface area contributed by atoms with E-state index < -0.39 is 6.10 Å². The van der Waals surface area contributed by atoms with Gasteiger partial charge in [-0.15, -0.1) is 0 Å². The van der Waals surface area contributed by atoms with Gasteiger partial charge >= 0.3 is 0 Å². The van der Waals surface area contributed by atoms with Crippen molar-refractivity contribution in [3.63, 3.8) is 0 Å². The predicted octanol–water partition coefficient (Wildman–Crippen LogP) is 2.44. The van der Waals surface area contributed by atoms with Gasteiger partial charge in [-0.25, -0.2) is 0 Å². The van der Waals surface area contributed by atoms with Crippen LogP contribution in [-0.4, -0.2) is 22.8 Å². The van der Waals surface area contributed by atoms with E-state index in [1.165, 1.54) is 0 Å². The number of rotatable bonds is 4. The molecule has 3 nitrogen and oxygen atoms in total. The quantitative estimate of drug-likeness (QED) is 0.780. The van der Waals surface area contributed by atoms with Crippen molar-refractivity contribution < 1.29 is 14.7 Å². The minimum absolute atomic E-state index is 0.112. The zero-order chi connectivity index (χ0) is 13.9. The number of carbonyl (C=O) groups excluding carboxylic acids is 2. The molecule has 0 spiro atoms. The van der Waals surface area contributed by atoms with Gasteiger partial charge in [-0.2, -0.15) is 0 Å². The highest BCUT2D eigenvalue weighted by atomic mass is 16.3. The van der Waals surface area contributed by atoms with Crippen molar-refractivity contribution in [2.24, 2.45) is 11.8 Å². The third kappa shape index (κ3) is 3.64. The van der Waals surface area contributed by atoms with Gasteiger partial charge in [0.15, 0.2) is 5.78 Å². The molecule has 0 bridgehead atoms. The van der Waals surface area contributed by atoms with Gasteiger partial charge < -0.3 is 5.11 Å². The summed E-state index contributed by atoms with van der Waals surface area (Å²) in [4.78, 5) is 23.5. The number of hydrogen-bond donors (Lipinski definition) is 1. The predicted molar refractivity (Wildman–Crippen MR) is 71.1 cm³/mol. The summed E-state index contributed by atoms with van der Waals surface area (Å²) < 4.78 is 0. The molecule has 3 heteroatoms. The second-order valence-electron chi connectivity index (χ2n) is 5.39. The third-order valence-corrected chi connectivity index (χ3v) is 3.53. The molecule has 0 aromatic rings. The molecule has 1 aliphatic carbocycles. The molecule has 0 aliphatic heterocycles. The average Bonchev–Trinajstić information content (AvgIpc) is 2.29. The van der Waals surface area contributed by atoms with E-state index in [0.717, 1.165) is 11.1 Å². The standard InChI is InChI=1S/C15H22O3/c1-9(2)7-14(17)15(18)11(4)13-8-12(16)6-5-10(13)3/h7,11,13-14,17H,3,5-6,8H2,1-2,4H3/t11-,13?,14?/m1/s1. The van der Waals surface area contributed by atoms with Crippen LogP contribution < -0.4 is 0 Å². The van der Waals surface area contributed by atoms with Crippen molar-refractivity contribution >= 4 is 11.6 Å². The Bertz CT molecular complexity index is 389. The van der Waals surface area contributed by atoms with E-state index in [9.17, 15) is 14.7 Å². The molecule has 1 N–H and O–H groups in total. The van der Waals surface area contributed by atoms with Crippen molar-refractivity contribution in [2.45, 2.75) is 46.1 Å². The van der Waals surface area contributed by atoms with Crippen LogP contribution >= 0.6 is 0 Å². The molecule has 1 rings (SSSR count). The molecule has 18 heavy (non-hydrogen) atoms. The lowest BCUT2D eigenvalue weighted by molar-refractivity contribution is -0.130. The maximum Gasteiger partial charge on any atom is 0.168 e. The summed E-state index contributed by atoms with van der Waals surface area (Å²) in [5.41, 5.74) is 1.86. The van der Waals surface area contributed by atoms with E-state index in [0.29, 0.717) is 19.3 Å². The normalized spacial score (nSPS) is 23.4. The molecule has 0 saturated heterocycles. The first kappa shape index (κ1) is 14.8. The Kier molecular flexibility index (Phi) is 5.03. The lowest BCUT2D eigenvalue weighted by Crippen LogP contribution is -2.33. The Balaban J connectivity index is 2.76. The largest absolute Gasteiger partial charge is 0.381 e. The monoisotopic (exact) mass is 250 g/mol. The fourth-order valence-electron chi connectivity index (χ4n) is 2.37. The third-order valence-electron chi connectivity index (χ3n) is 3.53. The van der Waals surface area contributed by atoms with Gasteiger partial charge in [-0.1, -0.05) is 30.7 Å². The topological polar surface area (TPSA) is 54.4 Å². The highest BCUT2D eigenvalue weighted by Gasteiger charge is 2.33. The average molecular weight is 250 g/mol. The van der Waals surface area contributed by atoms with Crippen LogP contribution in [0.4, 0.5) is 0 Å². The van der Waals surface area contributed by atoms with Crippen LogP contribution in [0.3, 0.4) is 0 Å². The van der Waals surface area contributed by atoms with Crippen LogP contribution in [-0.2, 0) is 9.59 Å². The van der Waals surface area contributed by atoms with Crippen LogP contribution in [0.25, 0.3) is 0 Å². The number of hydrogen-bond acceptors (Lipinski definition) is 3. The van der Waals surface area contributed by atoms with E-state index in [2.05, 4.69) is 6.58 Å². The van der Waals surface area contributed by atoms with Crippen molar-refractivity contribution in [1.29, 1.82) is 0 Å². The summed E-state index contributed by atoms with van der Waals surface area (Å²) in [7, 11) is 0. The smallest absolute Gasteiger partial charge is 0.168 e. The van der Waals surface area contributed by atoms with Gasteiger partial charge in [0.1, 0.15) is 11.9 Å². The van der Waals surface area contributed by atoms with Gasteiger partial charge in [0.2, 0.25) is 0 Å².